The standard InChI is InChI=1S/C16H13N5OS/c1-17-14-13(9-11-5-3-2-4-6-11)19-16(20-15(14)22)23-10-12-7-8-18-21-12/h2-6,8H,7,9-10H2,(H,19,20,22). The normalized spacial score (nSPS) is 12.9. The second-order valence-electron chi connectivity index (χ2n) is 4.90. The molecule has 3 rings (SSSR count). The van der Waals surface area contributed by atoms with Crippen LogP contribution >= 0.6 is 11.8 Å². The fraction of sp³-hybridized carbons (Fsp3) is 0.188. The van der Waals surface area contributed by atoms with Gasteiger partial charge in [0.15, 0.2) is 5.16 Å². The van der Waals surface area contributed by atoms with Crippen molar-refractivity contribution >= 4 is 29.4 Å². The molecular weight excluding hydrogens is 310 g/mol. The molecular formula is C16H13N5OS. The first-order valence-corrected chi connectivity index (χ1v) is 7.99. The molecule has 1 aliphatic heterocycles. The molecule has 0 amide bonds. The Hall–Kier alpha value is -2.72. The quantitative estimate of drug-likeness (QED) is 0.522. The van der Waals surface area contributed by atoms with E-state index in [0.717, 1.165) is 17.7 Å². The number of benzene rings is 1. The van der Waals surface area contributed by atoms with Crippen molar-refractivity contribution in [1.82, 2.24) is 9.97 Å². The molecule has 0 unspecified atom stereocenters. The molecule has 1 aliphatic rings. The van der Waals surface area contributed by atoms with Crippen LogP contribution in [0.25, 0.3) is 4.85 Å². The van der Waals surface area contributed by atoms with E-state index in [9.17, 15) is 4.79 Å². The van der Waals surface area contributed by atoms with E-state index < -0.39 is 5.56 Å². The van der Waals surface area contributed by atoms with E-state index in [4.69, 9.17) is 6.57 Å². The van der Waals surface area contributed by atoms with Crippen molar-refractivity contribution in [3.05, 3.63) is 63.4 Å². The van der Waals surface area contributed by atoms with E-state index in [-0.39, 0.29) is 5.69 Å². The van der Waals surface area contributed by atoms with Crippen LogP contribution < -0.4 is 5.56 Å². The Labute approximate surface area is 137 Å². The van der Waals surface area contributed by atoms with Crippen LogP contribution in [0.4, 0.5) is 5.69 Å². The van der Waals surface area contributed by atoms with Crippen LogP contribution in [0.3, 0.4) is 0 Å². The first-order chi connectivity index (χ1) is 11.3. The highest BCUT2D eigenvalue weighted by atomic mass is 32.2. The van der Waals surface area contributed by atoms with Gasteiger partial charge in [-0.25, -0.2) is 9.83 Å². The summed E-state index contributed by atoms with van der Waals surface area (Å²) < 4.78 is 0. The second kappa shape index (κ2) is 7.03. The van der Waals surface area contributed by atoms with Gasteiger partial charge in [-0.15, -0.1) is 0 Å². The molecule has 23 heavy (non-hydrogen) atoms. The van der Waals surface area contributed by atoms with E-state index >= 15 is 0 Å². The molecule has 0 spiro atoms. The number of aromatic nitrogens is 2. The lowest BCUT2D eigenvalue weighted by Gasteiger charge is -2.06. The number of aromatic amines is 1. The highest BCUT2D eigenvalue weighted by molar-refractivity contribution is 7.99. The maximum absolute atomic E-state index is 12.1. The molecule has 0 bridgehead atoms. The van der Waals surface area contributed by atoms with E-state index in [2.05, 4.69) is 25.0 Å². The van der Waals surface area contributed by atoms with Gasteiger partial charge in [-0.2, -0.15) is 10.2 Å². The van der Waals surface area contributed by atoms with Crippen molar-refractivity contribution in [2.45, 2.75) is 18.0 Å². The number of hydrogen-bond donors (Lipinski definition) is 1. The van der Waals surface area contributed by atoms with Gasteiger partial charge in [0.25, 0.3) is 11.2 Å². The first-order valence-electron chi connectivity index (χ1n) is 7.01. The minimum Gasteiger partial charge on any atom is -0.311 e. The van der Waals surface area contributed by atoms with Crippen LogP contribution in [0.1, 0.15) is 17.7 Å². The molecule has 2 aromatic rings. The van der Waals surface area contributed by atoms with E-state index in [1.165, 1.54) is 11.8 Å². The fourth-order valence-corrected chi connectivity index (χ4v) is 2.95. The van der Waals surface area contributed by atoms with Crippen LogP contribution in [-0.2, 0) is 6.42 Å². The average molecular weight is 323 g/mol. The Balaban J connectivity index is 1.84. The van der Waals surface area contributed by atoms with Gasteiger partial charge in [-0.3, -0.25) is 4.79 Å². The van der Waals surface area contributed by atoms with Crippen molar-refractivity contribution in [2.75, 3.05) is 5.75 Å². The van der Waals surface area contributed by atoms with Gasteiger partial charge in [0.1, 0.15) is 0 Å². The third-order valence-corrected chi connectivity index (χ3v) is 4.20. The molecule has 0 radical (unpaired) electrons. The summed E-state index contributed by atoms with van der Waals surface area (Å²) in [5.74, 6) is 0.616. The number of H-pyrrole nitrogens is 1. The summed E-state index contributed by atoms with van der Waals surface area (Å²) in [5, 5.41) is 8.31. The minimum atomic E-state index is -0.395. The zero-order valence-electron chi connectivity index (χ0n) is 12.2. The van der Waals surface area contributed by atoms with Crippen LogP contribution in [-0.4, -0.2) is 27.6 Å². The molecule has 0 saturated heterocycles. The Kier molecular flexibility index (Phi) is 4.64. The van der Waals surface area contributed by atoms with E-state index in [1.54, 1.807) is 6.21 Å². The molecule has 0 atom stereocenters. The molecule has 7 heteroatoms. The summed E-state index contributed by atoms with van der Waals surface area (Å²) in [5.41, 5.74) is 2.12. The fourth-order valence-electron chi connectivity index (χ4n) is 2.14. The molecule has 0 aliphatic carbocycles. The minimum absolute atomic E-state index is 0.0553. The number of rotatable bonds is 5. The number of thioether (sulfide) groups is 1. The molecule has 1 N–H and O–H groups in total. The highest BCUT2D eigenvalue weighted by Crippen LogP contribution is 2.20. The zero-order valence-corrected chi connectivity index (χ0v) is 13.0. The largest absolute Gasteiger partial charge is 0.311 e. The summed E-state index contributed by atoms with van der Waals surface area (Å²) in [6.45, 7) is 7.22. The third kappa shape index (κ3) is 3.73. The first kappa shape index (κ1) is 15.2. The van der Waals surface area contributed by atoms with Crippen molar-refractivity contribution in [1.29, 1.82) is 0 Å². The smallest absolute Gasteiger partial charge is 0.271 e. The number of nitrogens with zero attached hydrogens (tertiary/aromatic N) is 4. The lowest BCUT2D eigenvalue weighted by molar-refractivity contribution is 0.890. The SMILES string of the molecule is [C-]#[N+]c1c(Cc2ccccc2)nc(SCC2=NN=CC2)[nH]c1=O. The Morgan fingerprint density at radius 1 is 1.30 bits per heavy atom. The molecule has 0 saturated carbocycles. The van der Waals surface area contributed by atoms with Gasteiger partial charge in [-0.1, -0.05) is 42.1 Å². The summed E-state index contributed by atoms with van der Waals surface area (Å²) in [7, 11) is 0. The molecule has 2 heterocycles. The van der Waals surface area contributed by atoms with Crippen molar-refractivity contribution in [2.24, 2.45) is 10.2 Å². The summed E-state index contributed by atoms with van der Waals surface area (Å²) in [4.78, 5) is 22.6. The monoisotopic (exact) mass is 323 g/mol. The van der Waals surface area contributed by atoms with Crippen LogP contribution in [0, 0.1) is 6.57 Å². The third-order valence-electron chi connectivity index (χ3n) is 3.25. The van der Waals surface area contributed by atoms with E-state index in [1.807, 2.05) is 30.3 Å². The van der Waals surface area contributed by atoms with Gasteiger partial charge in [0, 0.05) is 24.8 Å². The molecule has 1 aromatic carbocycles. The number of hydrogen-bond acceptors (Lipinski definition) is 5. The Bertz CT molecular complexity index is 864. The van der Waals surface area contributed by atoms with Crippen LogP contribution in [0.2, 0.25) is 0 Å². The number of nitrogens with one attached hydrogen (secondary N) is 1. The van der Waals surface area contributed by atoms with Crippen molar-refractivity contribution in [3.8, 4) is 0 Å². The lowest BCUT2D eigenvalue weighted by Crippen LogP contribution is -2.12. The second-order valence-corrected chi connectivity index (χ2v) is 5.86. The predicted molar refractivity (Wildman–Crippen MR) is 91.6 cm³/mol. The summed E-state index contributed by atoms with van der Waals surface area (Å²) in [6, 6.07) is 9.68. The maximum Gasteiger partial charge on any atom is 0.271 e. The maximum atomic E-state index is 12.1. The highest BCUT2D eigenvalue weighted by Gasteiger charge is 2.13. The Morgan fingerprint density at radius 2 is 2.13 bits per heavy atom. The zero-order chi connectivity index (χ0) is 16.1. The summed E-state index contributed by atoms with van der Waals surface area (Å²) >= 11 is 1.40. The molecule has 0 fully saturated rings. The van der Waals surface area contributed by atoms with Crippen molar-refractivity contribution < 1.29 is 0 Å². The Morgan fingerprint density at radius 3 is 2.83 bits per heavy atom. The lowest BCUT2D eigenvalue weighted by atomic mass is 10.1. The topological polar surface area (TPSA) is 74.8 Å². The van der Waals surface area contributed by atoms with Crippen LogP contribution in [0.5, 0.6) is 0 Å². The van der Waals surface area contributed by atoms with Gasteiger partial charge >= 0.3 is 0 Å². The van der Waals surface area contributed by atoms with Crippen molar-refractivity contribution in [3.63, 3.8) is 0 Å². The molecule has 6 nitrogen and oxygen atoms in total. The van der Waals surface area contributed by atoms with Gasteiger partial charge in [0.2, 0.25) is 0 Å². The van der Waals surface area contributed by atoms with E-state index in [0.29, 0.717) is 23.0 Å². The summed E-state index contributed by atoms with van der Waals surface area (Å²) in [6.07, 6.45) is 2.93. The van der Waals surface area contributed by atoms with Gasteiger partial charge in [-0.05, 0) is 5.56 Å². The predicted octanol–water partition coefficient (Wildman–Crippen LogP) is 2.83. The van der Waals surface area contributed by atoms with Gasteiger partial charge < -0.3 is 4.98 Å². The van der Waals surface area contributed by atoms with Crippen LogP contribution in [0.15, 0.2) is 50.5 Å². The molecule has 114 valence electrons. The van der Waals surface area contributed by atoms with Gasteiger partial charge in [0.05, 0.1) is 18.0 Å². The molecule has 1 aromatic heterocycles. The average Bonchev–Trinajstić information content (AvgIpc) is 3.07.